The Morgan fingerprint density at radius 2 is 1.24 bits per heavy atom. The number of benzene rings is 3. The molecule has 2 heteroatoms. The van der Waals surface area contributed by atoms with Gasteiger partial charge in [0.25, 0.3) is 0 Å². The van der Waals surface area contributed by atoms with Crippen molar-refractivity contribution in [3.05, 3.63) is 96.2 Å². The molecule has 4 rings (SSSR count). The van der Waals surface area contributed by atoms with Gasteiger partial charge < -0.3 is 0 Å². The third-order valence-electron chi connectivity index (χ3n) is 4.50. The van der Waals surface area contributed by atoms with E-state index < -0.39 is 0 Å². The second-order valence-corrected chi connectivity index (χ2v) is 6.29. The average molecular weight is 324 g/mol. The number of hydrogen-bond acceptors (Lipinski definition) is 1. The van der Waals surface area contributed by atoms with Gasteiger partial charge in [0, 0.05) is 16.8 Å². The summed E-state index contributed by atoms with van der Waals surface area (Å²) in [5, 5.41) is 4.97. The van der Waals surface area contributed by atoms with Crippen molar-refractivity contribution in [2.45, 2.75) is 13.8 Å². The largest absolute Gasteiger partial charge is 0.237 e. The summed E-state index contributed by atoms with van der Waals surface area (Å²) in [6.07, 6.45) is 0. The molecule has 2 nitrogen and oxygen atoms in total. The molecule has 0 aliphatic rings. The van der Waals surface area contributed by atoms with Gasteiger partial charge in [-0.2, -0.15) is 5.10 Å². The van der Waals surface area contributed by atoms with Crippen LogP contribution >= 0.6 is 0 Å². The molecule has 122 valence electrons. The molecule has 1 aromatic heterocycles. The second kappa shape index (κ2) is 6.40. The van der Waals surface area contributed by atoms with E-state index in [0.717, 1.165) is 22.6 Å². The first-order chi connectivity index (χ1) is 12.2. The first kappa shape index (κ1) is 15.4. The lowest BCUT2D eigenvalue weighted by Gasteiger charge is -2.06. The number of hydrogen-bond donors (Lipinski definition) is 0. The molecule has 3 aromatic carbocycles. The van der Waals surface area contributed by atoms with Gasteiger partial charge in [-0.1, -0.05) is 78.4 Å². The molecule has 0 fully saturated rings. The minimum Gasteiger partial charge on any atom is -0.237 e. The van der Waals surface area contributed by atoms with Crippen LogP contribution in [0.15, 0.2) is 84.9 Å². The van der Waals surface area contributed by atoms with Crippen molar-refractivity contribution in [2.75, 3.05) is 0 Å². The molecular formula is C23H20N2. The molecular weight excluding hydrogens is 304 g/mol. The Hall–Kier alpha value is -3.13. The van der Waals surface area contributed by atoms with Gasteiger partial charge in [0.15, 0.2) is 0 Å². The van der Waals surface area contributed by atoms with Crippen molar-refractivity contribution in [1.29, 1.82) is 0 Å². The van der Waals surface area contributed by atoms with Crippen LogP contribution in [0, 0.1) is 13.8 Å². The van der Waals surface area contributed by atoms with E-state index in [2.05, 4.69) is 74.5 Å². The molecule has 0 N–H and O–H groups in total. The maximum atomic E-state index is 4.97. The van der Waals surface area contributed by atoms with Gasteiger partial charge >= 0.3 is 0 Å². The number of rotatable bonds is 3. The van der Waals surface area contributed by atoms with Crippen molar-refractivity contribution >= 4 is 0 Å². The Balaban J connectivity index is 1.97. The van der Waals surface area contributed by atoms with Crippen molar-refractivity contribution in [2.24, 2.45) is 0 Å². The molecule has 25 heavy (non-hydrogen) atoms. The first-order valence-corrected chi connectivity index (χ1v) is 8.51. The minimum absolute atomic E-state index is 1.02. The molecule has 0 amide bonds. The van der Waals surface area contributed by atoms with Gasteiger partial charge in [-0.05, 0) is 31.5 Å². The second-order valence-electron chi connectivity index (χ2n) is 6.29. The van der Waals surface area contributed by atoms with Crippen LogP contribution in [0.2, 0.25) is 0 Å². The Bertz CT molecular complexity index is 982. The molecule has 0 bridgehead atoms. The fraction of sp³-hybridized carbons (Fsp3) is 0.0870. The van der Waals surface area contributed by atoms with Gasteiger partial charge in [0.05, 0.1) is 5.69 Å². The van der Waals surface area contributed by atoms with Crippen molar-refractivity contribution in [3.8, 4) is 28.1 Å². The summed E-state index contributed by atoms with van der Waals surface area (Å²) in [6.45, 7) is 4.25. The third-order valence-corrected chi connectivity index (χ3v) is 4.50. The predicted octanol–water partition coefficient (Wildman–Crippen LogP) is 5.82. The fourth-order valence-electron chi connectivity index (χ4n) is 3.19. The average Bonchev–Trinajstić information content (AvgIpc) is 3.01. The molecule has 0 saturated heterocycles. The zero-order valence-corrected chi connectivity index (χ0v) is 14.5. The summed E-state index contributed by atoms with van der Waals surface area (Å²) in [5.41, 5.74) is 8.02. The lowest BCUT2D eigenvalue weighted by molar-refractivity contribution is 0.850. The lowest BCUT2D eigenvalue weighted by Crippen LogP contribution is -1.98. The summed E-state index contributed by atoms with van der Waals surface area (Å²) in [5.74, 6) is 0. The molecule has 4 aromatic rings. The topological polar surface area (TPSA) is 17.8 Å². The fourth-order valence-corrected chi connectivity index (χ4v) is 3.19. The van der Waals surface area contributed by atoms with E-state index in [9.17, 15) is 0 Å². The Morgan fingerprint density at radius 3 is 1.88 bits per heavy atom. The van der Waals surface area contributed by atoms with E-state index in [4.69, 9.17) is 5.10 Å². The standard InChI is InChI=1S/C23H20N2/c1-17-13-15-20(16-14-17)23-22(19-9-5-3-6-10-19)18(2)25(24-23)21-11-7-4-8-12-21/h3-16H,1-2H3. The number of para-hydroxylation sites is 1. The highest BCUT2D eigenvalue weighted by atomic mass is 15.3. The normalized spacial score (nSPS) is 10.8. The van der Waals surface area contributed by atoms with E-state index in [0.29, 0.717) is 0 Å². The minimum atomic E-state index is 1.02. The Kier molecular flexibility index (Phi) is 3.95. The summed E-state index contributed by atoms with van der Waals surface area (Å²) in [4.78, 5) is 0. The van der Waals surface area contributed by atoms with Crippen LogP contribution in [0.25, 0.3) is 28.1 Å². The first-order valence-electron chi connectivity index (χ1n) is 8.51. The highest BCUT2D eigenvalue weighted by molar-refractivity contribution is 5.83. The monoisotopic (exact) mass is 324 g/mol. The molecule has 0 unspecified atom stereocenters. The Labute approximate surface area is 148 Å². The van der Waals surface area contributed by atoms with Crippen LogP contribution < -0.4 is 0 Å². The van der Waals surface area contributed by atoms with Crippen molar-refractivity contribution in [3.63, 3.8) is 0 Å². The van der Waals surface area contributed by atoms with E-state index in [1.54, 1.807) is 0 Å². The van der Waals surface area contributed by atoms with Gasteiger partial charge in [-0.25, -0.2) is 4.68 Å². The molecule has 0 saturated carbocycles. The number of aryl methyl sites for hydroxylation is 1. The maximum absolute atomic E-state index is 4.97. The SMILES string of the molecule is Cc1ccc(-c2nn(-c3ccccc3)c(C)c2-c2ccccc2)cc1. The van der Waals surface area contributed by atoms with E-state index in [1.165, 1.54) is 16.7 Å². The predicted molar refractivity (Wildman–Crippen MR) is 104 cm³/mol. The van der Waals surface area contributed by atoms with E-state index in [1.807, 2.05) is 28.9 Å². The highest BCUT2D eigenvalue weighted by Gasteiger charge is 2.18. The number of aromatic nitrogens is 2. The smallest absolute Gasteiger partial charge is 0.101 e. The zero-order chi connectivity index (χ0) is 17.2. The van der Waals surface area contributed by atoms with Crippen LogP contribution in [0.4, 0.5) is 0 Å². The highest BCUT2D eigenvalue weighted by Crippen LogP contribution is 2.35. The maximum Gasteiger partial charge on any atom is 0.101 e. The van der Waals surface area contributed by atoms with Gasteiger partial charge in [-0.15, -0.1) is 0 Å². The van der Waals surface area contributed by atoms with Crippen LogP contribution in [0.5, 0.6) is 0 Å². The number of nitrogens with zero attached hydrogens (tertiary/aromatic N) is 2. The molecule has 0 aliphatic heterocycles. The van der Waals surface area contributed by atoms with Crippen LogP contribution in [0.1, 0.15) is 11.3 Å². The zero-order valence-electron chi connectivity index (χ0n) is 14.5. The van der Waals surface area contributed by atoms with Gasteiger partial charge in [-0.3, -0.25) is 0 Å². The summed E-state index contributed by atoms with van der Waals surface area (Å²) < 4.78 is 2.04. The van der Waals surface area contributed by atoms with Crippen molar-refractivity contribution < 1.29 is 0 Å². The summed E-state index contributed by atoms with van der Waals surface area (Å²) in [6, 6.07) is 29.4. The summed E-state index contributed by atoms with van der Waals surface area (Å²) in [7, 11) is 0. The van der Waals surface area contributed by atoms with Crippen molar-refractivity contribution in [1.82, 2.24) is 9.78 Å². The lowest BCUT2D eigenvalue weighted by atomic mass is 9.99. The quantitative estimate of drug-likeness (QED) is 0.464. The summed E-state index contributed by atoms with van der Waals surface area (Å²) >= 11 is 0. The van der Waals surface area contributed by atoms with E-state index >= 15 is 0 Å². The van der Waals surface area contributed by atoms with Crippen LogP contribution in [-0.4, -0.2) is 9.78 Å². The molecule has 1 heterocycles. The Morgan fingerprint density at radius 1 is 0.640 bits per heavy atom. The molecule has 0 aliphatic carbocycles. The molecule has 0 atom stereocenters. The third kappa shape index (κ3) is 2.87. The van der Waals surface area contributed by atoms with Gasteiger partial charge in [0.2, 0.25) is 0 Å². The van der Waals surface area contributed by atoms with Crippen LogP contribution in [0.3, 0.4) is 0 Å². The van der Waals surface area contributed by atoms with E-state index in [-0.39, 0.29) is 0 Å². The molecule has 0 spiro atoms. The van der Waals surface area contributed by atoms with Crippen LogP contribution in [-0.2, 0) is 0 Å². The molecule has 0 radical (unpaired) electrons. The van der Waals surface area contributed by atoms with Gasteiger partial charge in [0.1, 0.15) is 5.69 Å².